The third-order valence-corrected chi connectivity index (χ3v) is 1.29. The van der Waals surface area contributed by atoms with E-state index in [1.54, 1.807) is 0 Å². The number of amides is 2. The number of terminal acetylenes is 1. The molecule has 10 heteroatoms. The van der Waals surface area contributed by atoms with Gasteiger partial charge in [0.05, 0.1) is 13.1 Å². The number of hydrogen-bond acceptors (Lipinski definition) is 4. The standard InChI is InChI=1S/C7H11N3O2.C2HF3O2/c1-2-3-9-7(12)5-10-6(11)4-8;3-2(4,5)1(6)7/h1H,3-5,8H2,(H,9,12)(H,10,11);(H,6,7). The van der Waals surface area contributed by atoms with E-state index in [0.29, 0.717) is 0 Å². The van der Waals surface area contributed by atoms with Crippen LogP contribution in [0.15, 0.2) is 0 Å². The molecule has 0 unspecified atom stereocenters. The van der Waals surface area contributed by atoms with Crippen molar-refractivity contribution in [2.75, 3.05) is 19.6 Å². The minimum Gasteiger partial charge on any atom is -0.542 e. The number of carboxylic acid groups (broad SMARTS) is 1. The molecule has 0 rings (SSSR count). The van der Waals surface area contributed by atoms with Crippen molar-refractivity contribution < 1.29 is 38.4 Å². The van der Waals surface area contributed by atoms with Gasteiger partial charge >= 0.3 is 6.18 Å². The van der Waals surface area contributed by atoms with Crippen molar-refractivity contribution in [1.29, 1.82) is 0 Å². The first kappa shape index (κ1) is 19.1. The van der Waals surface area contributed by atoms with Crippen molar-refractivity contribution in [2.24, 2.45) is 0 Å². The largest absolute Gasteiger partial charge is 0.542 e. The first-order valence-electron chi connectivity index (χ1n) is 4.69. The summed E-state index contributed by atoms with van der Waals surface area (Å²) in [5.74, 6) is -1.32. The number of rotatable bonds is 4. The Bertz CT molecular complexity index is 363. The Balaban J connectivity index is 0. The van der Waals surface area contributed by atoms with E-state index in [0.717, 1.165) is 0 Å². The maximum atomic E-state index is 10.8. The van der Waals surface area contributed by atoms with Crippen LogP contribution in [0.3, 0.4) is 0 Å². The van der Waals surface area contributed by atoms with Gasteiger partial charge in [0.1, 0.15) is 5.97 Å². The van der Waals surface area contributed by atoms with Gasteiger partial charge in [-0.25, -0.2) is 0 Å². The average Bonchev–Trinajstić information content (AvgIpc) is 2.32. The highest BCUT2D eigenvalue weighted by Crippen LogP contribution is 2.11. The van der Waals surface area contributed by atoms with Gasteiger partial charge < -0.3 is 26.3 Å². The van der Waals surface area contributed by atoms with Gasteiger partial charge in [0.25, 0.3) is 5.91 Å². The number of carbonyl (C=O) groups excluding carboxylic acids is 3. The molecule has 0 spiro atoms. The fraction of sp³-hybridized carbons (Fsp3) is 0.444. The van der Waals surface area contributed by atoms with E-state index in [1.807, 2.05) is 0 Å². The molecule has 0 aromatic carbocycles. The van der Waals surface area contributed by atoms with Crippen molar-refractivity contribution in [2.45, 2.75) is 6.18 Å². The second-order valence-corrected chi connectivity index (χ2v) is 2.79. The molecule has 0 aliphatic rings. The van der Waals surface area contributed by atoms with Crippen LogP contribution in [0.5, 0.6) is 0 Å². The van der Waals surface area contributed by atoms with Crippen molar-refractivity contribution in [3.05, 3.63) is 0 Å². The van der Waals surface area contributed by atoms with Gasteiger partial charge in [0.15, 0.2) is 6.54 Å². The topological polar surface area (TPSA) is 126 Å². The molecule has 5 N–H and O–H groups in total. The average molecular weight is 283 g/mol. The zero-order valence-corrected chi connectivity index (χ0v) is 9.67. The van der Waals surface area contributed by atoms with Crippen LogP contribution in [-0.4, -0.2) is 43.6 Å². The molecule has 0 aromatic rings. The lowest BCUT2D eigenvalue weighted by atomic mass is 10.5. The number of halogens is 3. The highest BCUT2D eigenvalue weighted by molar-refractivity contribution is 5.84. The van der Waals surface area contributed by atoms with Crippen molar-refractivity contribution in [3.8, 4) is 12.3 Å². The lowest BCUT2D eigenvalue weighted by Gasteiger charge is -2.03. The van der Waals surface area contributed by atoms with Crippen LogP contribution >= 0.6 is 0 Å². The fourth-order valence-electron chi connectivity index (χ4n) is 0.479. The maximum Gasteiger partial charge on any atom is 0.430 e. The number of nitrogens with one attached hydrogen (secondary N) is 2. The van der Waals surface area contributed by atoms with Gasteiger partial charge in [-0.05, 0) is 0 Å². The smallest absolute Gasteiger partial charge is 0.430 e. The summed E-state index contributed by atoms with van der Waals surface area (Å²) in [5.41, 5.74) is 3.35. The number of quaternary nitrogens is 1. The molecule has 7 nitrogen and oxygen atoms in total. The summed E-state index contributed by atoms with van der Waals surface area (Å²) >= 11 is 0. The molecule has 0 saturated heterocycles. The summed E-state index contributed by atoms with van der Waals surface area (Å²) < 4.78 is 31.5. The third kappa shape index (κ3) is 13.7. The van der Waals surface area contributed by atoms with Crippen LogP contribution in [0.25, 0.3) is 0 Å². The summed E-state index contributed by atoms with van der Waals surface area (Å²) in [6.45, 7) is 0.261. The van der Waals surface area contributed by atoms with Crippen LogP contribution in [0.2, 0.25) is 0 Å². The van der Waals surface area contributed by atoms with E-state index in [9.17, 15) is 22.8 Å². The van der Waals surface area contributed by atoms with Gasteiger partial charge in [-0.2, -0.15) is 13.2 Å². The molecule has 0 aliphatic carbocycles. The van der Waals surface area contributed by atoms with E-state index >= 15 is 0 Å². The van der Waals surface area contributed by atoms with E-state index in [2.05, 4.69) is 22.3 Å². The number of aliphatic carboxylic acids is 1. The van der Waals surface area contributed by atoms with Crippen LogP contribution in [0, 0.1) is 12.3 Å². The molecular weight excluding hydrogens is 271 g/mol. The van der Waals surface area contributed by atoms with Gasteiger partial charge in [0.2, 0.25) is 5.91 Å². The van der Waals surface area contributed by atoms with Gasteiger partial charge in [0, 0.05) is 0 Å². The molecule has 0 saturated carbocycles. The predicted molar refractivity (Wildman–Crippen MR) is 53.7 cm³/mol. The Hall–Kier alpha value is -2.28. The van der Waals surface area contributed by atoms with E-state index in [1.165, 1.54) is 0 Å². The number of carboxylic acids is 1. The summed E-state index contributed by atoms with van der Waals surface area (Å²) in [6.07, 6.45) is -0.298. The second kappa shape index (κ2) is 9.72. The van der Waals surface area contributed by atoms with Gasteiger partial charge in [-0.3, -0.25) is 9.59 Å². The fourth-order valence-corrected chi connectivity index (χ4v) is 0.479. The Morgan fingerprint density at radius 1 is 1.21 bits per heavy atom. The lowest BCUT2D eigenvalue weighted by Crippen LogP contribution is -2.57. The number of hydrogen-bond donors (Lipinski definition) is 3. The van der Waals surface area contributed by atoms with Crippen LogP contribution in [0.4, 0.5) is 13.2 Å². The van der Waals surface area contributed by atoms with Crippen molar-refractivity contribution in [1.82, 2.24) is 10.6 Å². The normalized spacial score (nSPS) is 9.42. The first-order valence-corrected chi connectivity index (χ1v) is 4.69. The minimum atomic E-state index is -5.19. The maximum absolute atomic E-state index is 10.8. The van der Waals surface area contributed by atoms with Crippen molar-refractivity contribution in [3.63, 3.8) is 0 Å². The molecule has 0 heterocycles. The summed E-state index contributed by atoms with van der Waals surface area (Å²) in [4.78, 5) is 30.2. The molecule has 0 bridgehead atoms. The van der Waals surface area contributed by atoms with Gasteiger partial charge in [-0.1, -0.05) is 5.92 Å². The Kier molecular flexibility index (Phi) is 9.76. The van der Waals surface area contributed by atoms with Crippen LogP contribution < -0.4 is 21.5 Å². The number of carbonyl (C=O) groups is 3. The molecule has 0 aromatic heterocycles. The minimum absolute atomic E-state index is 0.0456. The molecule has 108 valence electrons. The zero-order chi connectivity index (χ0) is 15.5. The SMILES string of the molecule is C#CCNC(=O)CNC(=O)C[NH3+].O=C([O-])C(F)(F)F. The van der Waals surface area contributed by atoms with Gasteiger partial charge in [-0.15, -0.1) is 6.42 Å². The predicted octanol–water partition coefficient (Wildman–Crippen LogP) is -3.61. The number of alkyl halides is 3. The second-order valence-electron chi connectivity index (χ2n) is 2.79. The quantitative estimate of drug-likeness (QED) is 0.461. The van der Waals surface area contributed by atoms with Crippen molar-refractivity contribution >= 4 is 17.8 Å². The molecule has 2 amide bonds. The molecular formula is C9H12F3N3O4. The Morgan fingerprint density at radius 2 is 1.68 bits per heavy atom. The van der Waals surface area contributed by atoms with E-state index < -0.39 is 12.1 Å². The summed E-state index contributed by atoms with van der Waals surface area (Å²) in [7, 11) is 0. The zero-order valence-electron chi connectivity index (χ0n) is 9.67. The van der Waals surface area contributed by atoms with Crippen LogP contribution in [0.1, 0.15) is 0 Å². The van der Waals surface area contributed by atoms with E-state index in [-0.39, 0.29) is 31.4 Å². The highest BCUT2D eigenvalue weighted by Gasteiger charge is 2.28. The molecule has 0 fully saturated rings. The van der Waals surface area contributed by atoms with E-state index in [4.69, 9.17) is 16.3 Å². The molecule has 19 heavy (non-hydrogen) atoms. The molecule has 0 radical (unpaired) electrons. The molecule has 0 aliphatic heterocycles. The Morgan fingerprint density at radius 3 is 2.00 bits per heavy atom. The third-order valence-electron chi connectivity index (χ3n) is 1.29. The highest BCUT2D eigenvalue weighted by atomic mass is 19.4. The van der Waals surface area contributed by atoms with Crippen LogP contribution in [-0.2, 0) is 14.4 Å². The summed E-state index contributed by atoms with van der Waals surface area (Å²) in [5, 5.41) is 13.5. The first-order chi connectivity index (χ1) is 8.65. The monoisotopic (exact) mass is 283 g/mol. The summed E-state index contributed by atoms with van der Waals surface area (Å²) in [6, 6.07) is 0. The lowest BCUT2D eigenvalue weighted by molar-refractivity contribution is -0.355. The molecule has 0 atom stereocenters. The Labute approximate surface area is 106 Å².